The summed E-state index contributed by atoms with van der Waals surface area (Å²) < 4.78 is 24.0. The van der Waals surface area contributed by atoms with Gasteiger partial charge in [-0.2, -0.15) is 0 Å². The van der Waals surface area contributed by atoms with Crippen LogP contribution in [0.25, 0.3) is 0 Å². The van der Waals surface area contributed by atoms with Crippen molar-refractivity contribution in [1.82, 2.24) is 5.32 Å². The van der Waals surface area contributed by atoms with E-state index in [-0.39, 0.29) is 11.7 Å². The third kappa shape index (κ3) is 4.03. The van der Waals surface area contributed by atoms with Crippen LogP contribution < -0.4 is 5.32 Å². The first-order chi connectivity index (χ1) is 11.5. The van der Waals surface area contributed by atoms with Gasteiger partial charge in [-0.1, -0.05) is 42.5 Å². The molecule has 0 unspecified atom stereocenters. The van der Waals surface area contributed by atoms with Gasteiger partial charge in [0.1, 0.15) is 0 Å². The lowest BCUT2D eigenvalue weighted by atomic mass is 10.0. The average Bonchev–Trinajstić information content (AvgIpc) is 2.55. The van der Waals surface area contributed by atoms with Crippen molar-refractivity contribution >= 4 is 15.7 Å². The number of carbonyl (C=O) groups excluding carboxylic acids is 1. The Hall–Kier alpha value is -2.14. The van der Waals surface area contributed by atoms with Crippen molar-refractivity contribution in [1.29, 1.82) is 0 Å². The van der Waals surface area contributed by atoms with Gasteiger partial charge in [0.25, 0.3) is 0 Å². The van der Waals surface area contributed by atoms with Gasteiger partial charge in [0.15, 0.2) is 9.84 Å². The third-order valence-corrected chi connectivity index (χ3v) is 6.16. The van der Waals surface area contributed by atoms with Crippen LogP contribution in [0.3, 0.4) is 0 Å². The highest BCUT2D eigenvalue weighted by Crippen LogP contribution is 2.25. The molecule has 0 radical (unpaired) electrons. The summed E-state index contributed by atoms with van der Waals surface area (Å²) in [7, 11) is -3.10. The predicted molar refractivity (Wildman–Crippen MR) is 93.7 cm³/mol. The third-order valence-electron chi connectivity index (χ3n) is 4.26. The quantitative estimate of drug-likeness (QED) is 0.906. The summed E-state index contributed by atoms with van der Waals surface area (Å²) in [5.74, 6) is 0.247. The number of hydrogen-bond donors (Lipinski definition) is 1. The van der Waals surface area contributed by atoms with Crippen molar-refractivity contribution < 1.29 is 13.2 Å². The molecule has 24 heavy (non-hydrogen) atoms. The van der Waals surface area contributed by atoms with E-state index in [1.165, 1.54) is 0 Å². The number of amides is 1. The minimum absolute atomic E-state index is 0.00161. The summed E-state index contributed by atoms with van der Waals surface area (Å²) in [6.07, 6.45) is 2.58. The van der Waals surface area contributed by atoms with Crippen molar-refractivity contribution in [3.63, 3.8) is 0 Å². The molecule has 2 aromatic carbocycles. The van der Waals surface area contributed by atoms with E-state index < -0.39 is 9.84 Å². The van der Waals surface area contributed by atoms with Gasteiger partial charge in [-0.15, -0.1) is 0 Å². The number of nitrogens with one attached hydrogen (secondary N) is 1. The largest absolute Gasteiger partial charge is 0.355 e. The summed E-state index contributed by atoms with van der Waals surface area (Å²) in [5.41, 5.74) is 2.97. The van der Waals surface area contributed by atoms with Gasteiger partial charge in [-0.25, -0.2) is 8.42 Å². The van der Waals surface area contributed by atoms with E-state index in [0.29, 0.717) is 30.7 Å². The summed E-state index contributed by atoms with van der Waals surface area (Å²) in [4.78, 5) is 12.4. The van der Waals surface area contributed by atoms with Gasteiger partial charge in [0.2, 0.25) is 5.91 Å². The van der Waals surface area contributed by atoms with Gasteiger partial charge in [-0.05, 0) is 42.0 Å². The van der Waals surface area contributed by atoms with Gasteiger partial charge in [-0.3, -0.25) is 4.79 Å². The first kappa shape index (κ1) is 16.7. The molecule has 0 saturated carbocycles. The zero-order chi connectivity index (χ0) is 17.0. The van der Waals surface area contributed by atoms with Crippen LogP contribution in [0, 0.1) is 0 Å². The van der Waals surface area contributed by atoms with Crippen LogP contribution in [-0.4, -0.2) is 26.6 Å². The van der Waals surface area contributed by atoms with Crippen LogP contribution >= 0.6 is 0 Å². The molecule has 1 N–H and O–H groups in total. The molecule has 0 aliphatic carbocycles. The van der Waals surface area contributed by atoms with E-state index in [1.807, 2.05) is 42.5 Å². The highest BCUT2D eigenvalue weighted by atomic mass is 32.2. The Morgan fingerprint density at radius 1 is 1.04 bits per heavy atom. The van der Waals surface area contributed by atoms with Crippen LogP contribution in [0.1, 0.15) is 23.1 Å². The minimum Gasteiger partial charge on any atom is -0.355 e. The van der Waals surface area contributed by atoms with Crippen molar-refractivity contribution in [2.75, 3.05) is 12.3 Å². The average molecular weight is 343 g/mol. The summed E-state index contributed by atoms with van der Waals surface area (Å²) in [6, 6.07) is 15.2. The second-order valence-electron chi connectivity index (χ2n) is 6.13. The zero-order valence-electron chi connectivity index (χ0n) is 13.5. The SMILES string of the molecule is O=C(Cc1ccccc1)NCCc1ccc2c(c1)CCCS2(=O)=O. The second-order valence-corrected chi connectivity index (χ2v) is 8.20. The Balaban J connectivity index is 1.55. The molecule has 5 heteroatoms. The maximum Gasteiger partial charge on any atom is 0.224 e. The monoisotopic (exact) mass is 343 g/mol. The van der Waals surface area contributed by atoms with E-state index in [4.69, 9.17) is 0 Å². The lowest BCUT2D eigenvalue weighted by Gasteiger charge is -2.17. The second kappa shape index (κ2) is 7.18. The summed E-state index contributed by atoms with van der Waals surface area (Å²) in [5, 5.41) is 2.92. The van der Waals surface area contributed by atoms with E-state index >= 15 is 0 Å². The fraction of sp³-hybridized carbons (Fsp3) is 0.316. The molecule has 0 aromatic heterocycles. The van der Waals surface area contributed by atoms with E-state index in [0.717, 1.165) is 23.1 Å². The fourth-order valence-corrected chi connectivity index (χ4v) is 4.62. The Kier molecular flexibility index (Phi) is 5.00. The number of aryl methyl sites for hydroxylation is 1. The van der Waals surface area contributed by atoms with Crippen molar-refractivity contribution in [3.8, 4) is 0 Å². The zero-order valence-corrected chi connectivity index (χ0v) is 14.3. The van der Waals surface area contributed by atoms with E-state index in [9.17, 15) is 13.2 Å². The number of carbonyl (C=O) groups is 1. The highest BCUT2D eigenvalue weighted by molar-refractivity contribution is 7.91. The first-order valence-electron chi connectivity index (χ1n) is 8.20. The van der Waals surface area contributed by atoms with Gasteiger partial charge in [0.05, 0.1) is 17.1 Å². The molecule has 1 aliphatic rings. The topological polar surface area (TPSA) is 63.2 Å². The van der Waals surface area contributed by atoms with Crippen LogP contribution in [0.5, 0.6) is 0 Å². The summed E-state index contributed by atoms with van der Waals surface area (Å²) in [6.45, 7) is 0.553. The fourth-order valence-electron chi connectivity index (χ4n) is 3.04. The number of benzene rings is 2. The molecule has 1 aliphatic heterocycles. The molecule has 2 aromatic rings. The predicted octanol–water partition coefficient (Wildman–Crippen LogP) is 2.31. The Morgan fingerprint density at radius 2 is 1.83 bits per heavy atom. The summed E-state index contributed by atoms with van der Waals surface area (Å²) >= 11 is 0. The smallest absolute Gasteiger partial charge is 0.224 e. The van der Waals surface area contributed by atoms with Crippen molar-refractivity contribution in [2.24, 2.45) is 0 Å². The van der Waals surface area contributed by atoms with Crippen LogP contribution in [0.15, 0.2) is 53.4 Å². The van der Waals surface area contributed by atoms with Crippen molar-refractivity contribution in [3.05, 3.63) is 65.2 Å². The van der Waals surface area contributed by atoms with Gasteiger partial charge in [0, 0.05) is 6.54 Å². The molecular formula is C19H21NO3S. The van der Waals surface area contributed by atoms with Gasteiger partial charge >= 0.3 is 0 Å². The molecule has 0 atom stereocenters. The Labute approximate surface area is 142 Å². The van der Waals surface area contributed by atoms with E-state index in [2.05, 4.69) is 5.32 Å². The van der Waals surface area contributed by atoms with Crippen LogP contribution in [0.4, 0.5) is 0 Å². The number of hydrogen-bond acceptors (Lipinski definition) is 3. The Bertz CT molecular complexity index is 829. The molecule has 0 spiro atoms. The standard InChI is InChI=1S/C19H21NO3S/c21-19(14-15-5-2-1-3-6-15)20-11-10-16-8-9-18-17(13-16)7-4-12-24(18,22)23/h1-3,5-6,8-9,13H,4,7,10-12,14H2,(H,20,21). The molecule has 4 nitrogen and oxygen atoms in total. The number of fused-ring (bicyclic) bond motifs is 1. The maximum absolute atomic E-state index is 12.0. The molecule has 1 amide bonds. The van der Waals surface area contributed by atoms with Crippen LogP contribution in [-0.2, 0) is 33.9 Å². The Morgan fingerprint density at radius 3 is 2.62 bits per heavy atom. The molecule has 1 heterocycles. The molecular weight excluding hydrogens is 322 g/mol. The lowest BCUT2D eigenvalue weighted by molar-refractivity contribution is -0.120. The normalized spacial score (nSPS) is 15.5. The molecule has 126 valence electrons. The number of rotatable bonds is 5. The number of sulfone groups is 1. The van der Waals surface area contributed by atoms with E-state index in [1.54, 1.807) is 6.07 Å². The van der Waals surface area contributed by atoms with Crippen molar-refractivity contribution in [2.45, 2.75) is 30.6 Å². The van der Waals surface area contributed by atoms with Gasteiger partial charge < -0.3 is 5.32 Å². The minimum atomic E-state index is -3.10. The molecule has 0 fully saturated rings. The molecule has 0 saturated heterocycles. The lowest BCUT2D eigenvalue weighted by Crippen LogP contribution is -2.27. The van der Waals surface area contributed by atoms with Crippen LogP contribution in [0.2, 0.25) is 0 Å². The molecule has 0 bridgehead atoms. The highest BCUT2D eigenvalue weighted by Gasteiger charge is 2.23. The molecule has 3 rings (SSSR count). The first-order valence-corrected chi connectivity index (χ1v) is 9.85. The maximum atomic E-state index is 12.0.